The summed E-state index contributed by atoms with van der Waals surface area (Å²) in [6.45, 7) is 2.72. The maximum atomic E-state index is 11.8. The molecule has 1 N–H and O–H groups in total. The van der Waals surface area contributed by atoms with Crippen LogP contribution in [-0.2, 0) is 9.59 Å². The largest absolute Gasteiger partial charge is 0.357 e. The van der Waals surface area contributed by atoms with Gasteiger partial charge in [0.25, 0.3) is 0 Å². The van der Waals surface area contributed by atoms with Crippen molar-refractivity contribution >= 4 is 11.8 Å². The Hall–Kier alpha value is -1.06. The van der Waals surface area contributed by atoms with E-state index in [9.17, 15) is 9.59 Å². The molecule has 1 heterocycles. The van der Waals surface area contributed by atoms with E-state index in [0.717, 1.165) is 32.2 Å². The van der Waals surface area contributed by atoms with E-state index in [1.165, 1.54) is 0 Å². The summed E-state index contributed by atoms with van der Waals surface area (Å²) < 4.78 is 0. The van der Waals surface area contributed by atoms with Crippen LogP contribution in [0, 0.1) is 0 Å². The average molecular weight is 212 g/mol. The van der Waals surface area contributed by atoms with Crippen LogP contribution >= 0.6 is 0 Å². The van der Waals surface area contributed by atoms with E-state index in [2.05, 4.69) is 5.32 Å². The van der Waals surface area contributed by atoms with E-state index in [0.29, 0.717) is 6.42 Å². The molecular weight excluding hydrogens is 192 g/mol. The third-order valence-electron chi connectivity index (χ3n) is 2.84. The summed E-state index contributed by atoms with van der Waals surface area (Å²) in [6.07, 6.45) is 4.25. The SMILES string of the molecule is CCCC(=O)N1CCCCC1C(=O)NC. The lowest BCUT2D eigenvalue weighted by molar-refractivity contribution is -0.142. The lowest BCUT2D eigenvalue weighted by Gasteiger charge is -2.34. The molecule has 1 aliphatic rings. The van der Waals surface area contributed by atoms with Gasteiger partial charge in [-0.1, -0.05) is 6.92 Å². The third-order valence-corrected chi connectivity index (χ3v) is 2.84. The van der Waals surface area contributed by atoms with E-state index in [-0.39, 0.29) is 17.9 Å². The fourth-order valence-corrected chi connectivity index (χ4v) is 2.03. The van der Waals surface area contributed by atoms with E-state index < -0.39 is 0 Å². The standard InChI is InChI=1S/C11H20N2O2/c1-3-6-10(14)13-8-5-4-7-9(13)11(15)12-2/h9H,3-8H2,1-2H3,(H,12,15). The minimum absolute atomic E-state index is 0.0286. The van der Waals surface area contributed by atoms with Crippen molar-refractivity contribution in [2.24, 2.45) is 0 Å². The Morgan fingerprint density at radius 2 is 2.13 bits per heavy atom. The Labute approximate surface area is 91.0 Å². The molecule has 1 unspecified atom stereocenters. The van der Waals surface area contributed by atoms with Crippen LogP contribution in [0.2, 0.25) is 0 Å². The predicted octanol–water partition coefficient (Wildman–Crippen LogP) is 0.914. The lowest BCUT2D eigenvalue weighted by atomic mass is 10.0. The molecule has 1 rings (SSSR count). The lowest BCUT2D eigenvalue weighted by Crippen LogP contribution is -2.51. The highest BCUT2D eigenvalue weighted by Gasteiger charge is 2.30. The molecule has 1 atom stereocenters. The zero-order valence-corrected chi connectivity index (χ0v) is 9.58. The Morgan fingerprint density at radius 1 is 1.40 bits per heavy atom. The maximum Gasteiger partial charge on any atom is 0.242 e. The zero-order valence-electron chi connectivity index (χ0n) is 9.58. The molecule has 0 spiro atoms. The number of carbonyl (C=O) groups excluding carboxylic acids is 2. The molecule has 1 fully saturated rings. The van der Waals surface area contributed by atoms with Gasteiger partial charge in [-0.2, -0.15) is 0 Å². The molecule has 4 nitrogen and oxygen atoms in total. The summed E-state index contributed by atoms with van der Waals surface area (Å²) in [5, 5.41) is 2.63. The predicted molar refractivity (Wildman–Crippen MR) is 58.3 cm³/mol. The van der Waals surface area contributed by atoms with E-state index in [1.807, 2.05) is 6.92 Å². The normalized spacial score (nSPS) is 21.2. The first-order valence-corrected chi connectivity index (χ1v) is 5.71. The number of hydrogen-bond donors (Lipinski definition) is 1. The monoisotopic (exact) mass is 212 g/mol. The molecule has 0 aromatic heterocycles. The maximum absolute atomic E-state index is 11.8. The van der Waals surface area contributed by atoms with Gasteiger partial charge in [-0.3, -0.25) is 9.59 Å². The van der Waals surface area contributed by atoms with E-state index in [4.69, 9.17) is 0 Å². The number of rotatable bonds is 3. The van der Waals surface area contributed by atoms with Crippen LogP contribution in [-0.4, -0.2) is 36.3 Å². The van der Waals surface area contributed by atoms with Crippen molar-refractivity contribution in [2.45, 2.75) is 45.1 Å². The van der Waals surface area contributed by atoms with Crippen molar-refractivity contribution in [1.29, 1.82) is 0 Å². The molecule has 0 saturated carbocycles. The Morgan fingerprint density at radius 3 is 2.73 bits per heavy atom. The molecule has 86 valence electrons. The molecule has 15 heavy (non-hydrogen) atoms. The second kappa shape index (κ2) is 5.73. The number of likely N-dealkylation sites (N-methyl/N-ethyl adjacent to an activating group) is 1. The van der Waals surface area contributed by atoms with Gasteiger partial charge >= 0.3 is 0 Å². The van der Waals surface area contributed by atoms with Gasteiger partial charge < -0.3 is 10.2 Å². The Kier molecular flexibility index (Phi) is 4.59. The number of amides is 2. The van der Waals surface area contributed by atoms with Gasteiger partial charge in [0.2, 0.25) is 11.8 Å². The van der Waals surface area contributed by atoms with Gasteiger partial charge in [-0.15, -0.1) is 0 Å². The molecule has 4 heteroatoms. The molecule has 0 aliphatic carbocycles. The van der Waals surface area contributed by atoms with E-state index >= 15 is 0 Å². The van der Waals surface area contributed by atoms with Crippen molar-refractivity contribution in [2.75, 3.05) is 13.6 Å². The topological polar surface area (TPSA) is 49.4 Å². The third kappa shape index (κ3) is 2.94. The van der Waals surface area contributed by atoms with Crippen molar-refractivity contribution in [3.05, 3.63) is 0 Å². The second-order valence-electron chi connectivity index (χ2n) is 3.96. The Bertz CT molecular complexity index is 241. The van der Waals surface area contributed by atoms with Gasteiger partial charge in [0.1, 0.15) is 6.04 Å². The summed E-state index contributed by atoms with van der Waals surface area (Å²) >= 11 is 0. The van der Waals surface area contributed by atoms with Crippen LogP contribution < -0.4 is 5.32 Å². The van der Waals surface area contributed by atoms with Gasteiger partial charge in [-0.05, 0) is 25.7 Å². The average Bonchev–Trinajstić information content (AvgIpc) is 2.28. The van der Waals surface area contributed by atoms with Crippen LogP contribution in [0.5, 0.6) is 0 Å². The smallest absolute Gasteiger partial charge is 0.242 e. The first-order valence-electron chi connectivity index (χ1n) is 5.71. The van der Waals surface area contributed by atoms with Crippen LogP contribution in [0.15, 0.2) is 0 Å². The quantitative estimate of drug-likeness (QED) is 0.756. The molecule has 1 saturated heterocycles. The first-order chi connectivity index (χ1) is 7.20. The summed E-state index contributed by atoms with van der Waals surface area (Å²) in [6, 6.07) is -0.234. The summed E-state index contributed by atoms with van der Waals surface area (Å²) in [4.78, 5) is 25.1. The van der Waals surface area contributed by atoms with Crippen LogP contribution in [0.1, 0.15) is 39.0 Å². The number of carbonyl (C=O) groups is 2. The number of likely N-dealkylation sites (tertiary alicyclic amines) is 1. The molecule has 2 amide bonds. The number of hydrogen-bond acceptors (Lipinski definition) is 2. The van der Waals surface area contributed by atoms with E-state index in [1.54, 1.807) is 11.9 Å². The van der Waals surface area contributed by atoms with Gasteiger partial charge in [0.05, 0.1) is 0 Å². The van der Waals surface area contributed by atoms with Crippen LogP contribution in [0.25, 0.3) is 0 Å². The zero-order chi connectivity index (χ0) is 11.3. The van der Waals surface area contributed by atoms with Crippen LogP contribution in [0.4, 0.5) is 0 Å². The van der Waals surface area contributed by atoms with Gasteiger partial charge in [-0.25, -0.2) is 0 Å². The second-order valence-corrected chi connectivity index (χ2v) is 3.96. The molecule has 1 aliphatic heterocycles. The molecular formula is C11H20N2O2. The molecule has 0 aromatic rings. The number of nitrogens with zero attached hydrogens (tertiary/aromatic N) is 1. The highest BCUT2D eigenvalue weighted by atomic mass is 16.2. The molecule has 0 bridgehead atoms. The minimum atomic E-state index is -0.234. The summed E-state index contributed by atoms with van der Waals surface area (Å²) in [5.74, 6) is 0.0879. The first kappa shape index (κ1) is 12.0. The molecule has 0 radical (unpaired) electrons. The fourth-order valence-electron chi connectivity index (χ4n) is 2.03. The van der Waals surface area contributed by atoms with Crippen molar-refractivity contribution in [3.63, 3.8) is 0 Å². The number of nitrogens with one attached hydrogen (secondary N) is 1. The highest BCUT2D eigenvalue weighted by molar-refractivity contribution is 5.87. The van der Waals surface area contributed by atoms with Gasteiger partial charge in [0, 0.05) is 20.0 Å². The Balaban J connectivity index is 2.65. The number of piperidine rings is 1. The van der Waals surface area contributed by atoms with Crippen molar-refractivity contribution < 1.29 is 9.59 Å². The summed E-state index contributed by atoms with van der Waals surface area (Å²) in [7, 11) is 1.62. The minimum Gasteiger partial charge on any atom is -0.357 e. The van der Waals surface area contributed by atoms with Crippen molar-refractivity contribution in [1.82, 2.24) is 10.2 Å². The highest BCUT2D eigenvalue weighted by Crippen LogP contribution is 2.18. The van der Waals surface area contributed by atoms with Crippen molar-refractivity contribution in [3.8, 4) is 0 Å². The summed E-state index contributed by atoms with van der Waals surface area (Å²) in [5.41, 5.74) is 0. The fraction of sp³-hybridized carbons (Fsp3) is 0.818. The molecule has 0 aromatic carbocycles. The van der Waals surface area contributed by atoms with Gasteiger partial charge in [0.15, 0.2) is 0 Å². The van der Waals surface area contributed by atoms with Crippen LogP contribution in [0.3, 0.4) is 0 Å².